The molecule has 0 N–H and O–H groups in total. The second-order valence-electron chi connectivity index (χ2n) is 2.80. The van der Waals surface area contributed by atoms with Crippen molar-refractivity contribution in [2.75, 3.05) is 0 Å². The average molecular weight is 184 g/mol. The van der Waals surface area contributed by atoms with Gasteiger partial charge < -0.3 is 19.8 Å². The molecule has 1 unspecified atom stereocenters. The molecule has 4 heteroatoms. The number of carboxylic acids is 2. The van der Waals surface area contributed by atoms with Crippen LogP contribution in [-0.4, -0.2) is 11.9 Å². The summed E-state index contributed by atoms with van der Waals surface area (Å²) in [4.78, 5) is 20.5. The van der Waals surface area contributed by atoms with E-state index in [-0.39, 0.29) is 6.42 Å². The zero-order valence-electron chi connectivity index (χ0n) is 7.32. The second-order valence-corrected chi connectivity index (χ2v) is 2.80. The molecule has 0 saturated heterocycles. The third-order valence-corrected chi connectivity index (χ3v) is 1.72. The lowest BCUT2D eigenvalue weighted by atomic mass is 9.99. The zero-order chi connectivity index (χ0) is 10.3. The fraction of sp³-hybridized carbons (Fsp3) is 0.556. The normalized spacial score (nSPS) is 12.0. The van der Waals surface area contributed by atoms with E-state index in [2.05, 4.69) is 6.58 Å². The van der Waals surface area contributed by atoms with Gasteiger partial charge in [0, 0.05) is 17.9 Å². The maximum absolute atomic E-state index is 10.4. The first-order chi connectivity index (χ1) is 6.07. The molecule has 0 saturated carbocycles. The fourth-order valence-electron chi connectivity index (χ4n) is 1.03. The highest BCUT2D eigenvalue weighted by Crippen LogP contribution is 2.12. The molecule has 0 fully saturated rings. The van der Waals surface area contributed by atoms with E-state index in [0.717, 1.165) is 0 Å². The van der Waals surface area contributed by atoms with Crippen LogP contribution >= 0.6 is 0 Å². The number of carboxylic acid groups (broad SMARTS) is 2. The van der Waals surface area contributed by atoms with Gasteiger partial charge in [0.1, 0.15) is 0 Å². The van der Waals surface area contributed by atoms with Gasteiger partial charge in [-0.3, -0.25) is 0 Å². The molecule has 0 spiro atoms. The van der Waals surface area contributed by atoms with Crippen LogP contribution in [-0.2, 0) is 9.59 Å². The van der Waals surface area contributed by atoms with Crippen molar-refractivity contribution in [3.8, 4) is 0 Å². The summed E-state index contributed by atoms with van der Waals surface area (Å²) in [5.74, 6) is -2.94. The monoisotopic (exact) mass is 184 g/mol. The SMILES string of the molecule is C=CCC(CCCC(=O)[O-])C(=O)[O-]. The maximum atomic E-state index is 10.4. The molecular formula is C9H12O4-2. The summed E-state index contributed by atoms with van der Waals surface area (Å²) in [6.45, 7) is 3.41. The van der Waals surface area contributed by atoms with Crippen LogP contribution in [0.3, 0.4) is 0 Å². The Morgan fingerprint density at radius 2 is 2.00 bits per heavy atom. The Morgan fingerprint density at radius 1 is 1.38 bits per heavy atom. The Hall–Kier alpha value is -1.32. The van der Waals surface area contributed by atoms with Crippen LogP contribution < -0.4 is 10.2 Å². The number of carbonyl (C=O) groups excluding carboxylic acids is 2. The van der Waals surface area contributed by atoms with Gasteiger partial charge >= 0.3 is 0 Å². The molecule has 0 aliphatic rings. The first-order valence-corrected chi connectivity index (χ1v) is 4.09. The van der Waals surface area contributed by atoms with Crippen LogP contribution in [0.25, 0.3) is 0 Å². The predicted octanol–water partition coefficient (Wildman–Crippen LogP) is -1.15. The molecule has 0 amide bonds. The summed E-state index contributed by atoms with van der Waals surface area (Å²) in [5, 5.41) is 20.5. The highest BCUT2D eigenvalue weighted by molar-refractivity contribution is 5.68. The van der Waals surface area contributed by atoms with Gasteiger partial charge in [-0.1, -0.05) is 6.08 Å². The topological polar surface area (TPSA) is 80.3 Å². The Balaban J connectivity index is 3.75. The molecule has 0 aromatic heterocycles. The molecule has 0 rings (SSSR count). The van der Waals surface area contributed by atoms with Gasteiger partial charge in [0.15, 0.2) is 0 Å². The minimum Gasteiger partial charge on any atom is -0.550 e. The Morgan fingerprint density at radius 3 is 2.38 bits per heavy atom. The average Bonchev–Trinajstić information content (AvgIpc) is 2.02. The first kappa shape index (κ1) is 11.7. The van der Waals surface area contributed by atoms with Crippen molar-refractivity contribution >= 4 is 11.9 Å². The quantitative estimate of drug-likeness (QED) is 0.468. The van der Waals surface area contributed by atoms with E-state index in [4.69, 9.17) is 0 Å². The Kier molecular flexibility index (Phi) is 5.59. The third-order valence-electron chi connectivity index (χ3n) is 1.72. The van der Waals surface area contributed by atoms with E-state index in [1.165, 1.54) is 6.08 Å². The minimum absolute atomic E-state index is 0.110. The van der Waals surface area contributed by atoms with Gasteiger partial charge in [0.25, 0.3) is 0 Å². The minimum atomic E-state index is -1.16. The molecule has 74 valence electrons. The standard InChI is InChI=1S/C9H14O4/c1-2-4-7(9(12)13)5-3-6-8(10)11/h2,7H,1,3-6H2,(H,10,11)(H,12,13)/p-2. The van der Waals surface area contributed by atoms with Crippen molar-refractivity contribution < 1.29 is 19.8 Å². The highest BCUT2D eigenvalue weighted by atomic mass is 16.4. The van der Waals surface area contributed by atoms with E-state index in [0.29, 0.717) is 19.3 Å². The van der Waals surface area contributed by atoms with Gasteiger partial charge in [0.05, 0.1) is 0 Å². The molecule has 0 aromatic carbocycles. The van der Waals surface area contributed by atoms with E-state index in [1.807, 2.05) is 0 Å². The van der Waals surface area contributed by atoms with Gasteiger partial charge in [-0.15, -0.1) is 6.58 Å². The van der Waals surface area contributed by atoms with Crippen molar-refractivity contribution in [2.24, 2.45) is 5.92 Å². The summed E-state index contributed by atoms with van der Waals surface area (Å²) in [7, 11) is 0. The first-order valence-electron chi connectivity index (χ1n) is 4.09. The van der Waals surface area contributed by atoms with E-state index < -0.39 is 17.9 Å². The van der Waals surface area contributed by atoms with Crippen LogP contribution in [0.2, 0.25) is 0 Å². The van der Waals surface area contributed by atoms with E-state index in [1.54, 1.807) is 0 Å². The molecule has 0 aromatic rings. The van der Waals surface area contributed by atoms with Gasteiger partial charge in [0.2, 0.25) is 0 Å². The predicted molar refractivity (Wildman–Crippen MR) is 42.2 cm³/mol. The van der Waals surface area contributed by atoms with Gasteiger partial charge in [-0.25, -0.2) is 0 Å². The number of aliphatic carboxylic acids is 2. The van der Waals surface area contributed by atoms with E-state index in [9.17, 15) is 19.8 Å². The van der Waals surface area contributed by atoms with Gasteiger partial charge in [-0.05, 0) is 25.7 Å². The van der Waals surface area contributed by atoms with Crippen LogP contribution in [0, 0.1) is 5.92 Å². The van der Waals surface area contributed by atoms with Crippen molar-refractivity contribution in [3.63, 3.8) is 0 Å². The van der Waals surface area contributed by atoms with Crippen molar-refractivity contribution in [2.45, 2.75) is 25.7 Å². The molecule has 1 atom stereocenters. The lowest BCUT2D eigenvalue weighted by Gasteiger charge is -2.15. The summed E-state index contributed by atoms with van der Waals surface area (Å²) in [6.07, 6.45) is 2.28. The molecule has 0 bridgehead atoms. The smallest absolute Gasteiger partial charge is 0.0448 e. The number of hydrogen-bond acceptors (Lipinski definition) is 4. The molecule has 0 aliphatic carbocycles. The van der Waals surface area contributed by atoms with E-state index >= 15 is 0 Å². The summed E-state index contributed by atoms with van der Waals surface area (Å²) < 4.78 is 0. The summed E-state index contributed by atoms with van der Waals surface area (Å²) in [6, 6.07) is 0. The molecule has 0 aliphatic heterocycles. The Labute approximate surface area is 76.9 Å². The maximum Gasteiger partial charge on any atom is 0.0448 e. The largest absolute Gasteiger partial charge is 0.550 e. The van der Waals surface area contributed by atoms with Crippen LogP contribution in [0.4, 0.5) is 0 Å². The lowest BCUT2D eigenvalue weighted by Crippen LogP contribution is -2.31. The van der Waals surface area contributed by atoms with Crippen molar-refractivity contribution in [1.29, 1.82) is 0 Å². The van der Waals surface area contributed by atoms with Crippen molar-refractivity contribution in [3.05, 3.63) is 12.7 Å². The molecular weight excluding hydrogens is 172 g/mol. The number of allylic oxidation sites excluding steroid dienone is 1. The molecule has 13 heavy (non-hydrogen) atoms. The summed E-state index contributed by atoms with van der Waals surface area (Å²) in [5.41, 5.74) is 0. The number of rotatable bonds is 7. The lowest BCUT2D eigenvalue weighted by molar-refractivity contribution is -0.313. The zero-order valence-corrected chi connectivity index (χ0v) is 7.32. The third kappa shape index (κ3) is 5.90. The van der Waals surface area contributed by atoms with Crippen LogP contribution in [0.5, 0.6) is 0 Å². The highest BCUT2D eigenvalue weighted by Gasteiger charge is 2.07. The second kappa shape index (κ2) is 6.22. The summed E-state index contributed by atoms with van der Waals surface area (Å²) >= 11 is 0. The van der Waals surface area contributed by atoms with Crippen LogP contribution in [0.1, 0.15) is 25.7 Å². The number of hydrogen-bond donors (Lipinski definition) is 0. The fourth-order valence-corrected chi connectivity index (χ4v) is 1.03. The van der Waals surface area contributed by atoms with Crippen LogP contribution in [0.15, 0.2) is 12.7 Å². The van der Waals surface area contributed by atoms with Crippen molar-refractivity contribution in [1.82, 2.24) is 0 Å². The molecule has 4 nitrogen and oxygen atoms in total. The van der Waals surface area contributed by atoms with Gasteiger partial charge in [-0.2, -0.15) is 0 Å². The molecule has 0 heterocycles. The Bertz CT molecular complexity index is 198. The number of carbonyl (C=O) groups is 2. The molecule has 0 radical (unpaired) electrons.